The smallest absolute Gasteiger partial charge is 0.322 e. The van der Waals surface area contributed by atoms with Gasteiger partial charge in [0.2, 0.25) is 5.89 Å². The number of hydrogen-bond donors (Lipinski definition) is 2. The molecule has 0 fully saturated rings. The first kappa shape index (κ1) is 11.6. The SMILES string of the molecule is Cc1nnc(NC(=O)c2ccc(Br)c(N)c2)o1. The van der Waals surface area contributed by atoms with Gasteiger partial charge in [0.05, 0.1) is 0 Å². The fourth-order valence-corrected chi connectivity index (χ4v) is 1.45. The van der Waals surface area contributed by atoms with Gasteiger partial charge >= 0.3 is 6.01 Å². The molecule has 1 aromatic heterocycles. The first-order chi connectivity index (χ1) is 8.06. The Balaban J connectivity index is 2.17. The number of benzene rings is 1. The van der Waals surface area contributed by atoms with Crippen LogP contribution in [0.2, 0.25) is 0 Å². The molecule has 3 N–H and O–H groups in total. The summed E-state index contributed by atoms with van der Waals surface area (Å²) in [5.74, 6) is 0.0310. The molecule has 0 radical (unpaired) electrons. The van der Waals surface area contributed by atoms with Gasteiger partial charge in [-0.05, 0) is 34.1 Å². The average molecular weight is 297 g/mol. The lowest BCUT2D eigenvalue weighted by atomic mass is 10.2. The van der Waals surface area contributed by atoms with Crippen LogP contribution < -0.4 is 11.1 Å². The van der Waals surface area contributed by atoms with Gasteiger partial charge < -0.3 is 10.2 Å². The molecule has 2 rings (SSSR count). The molecule has 0 aliphatic rings. The van der Waals surface area contributed by atoms with E-state index in [4.69, 9.17) is 10.2 Å². The minimum Gasteiger partial charge on any atom is -0.408 e. The van der Waals surface area contributed by atoms with E-state index in [1.807, 2.05) is 0 Å². The number of halogens is 1. The van der Waals surface area contributed by atoms with E-state index in [1.54, 1.807) is 25.1 Å². The molecule has 0 spiro atoms. The zero-order valence-electron chi connectivity index (χ0n) is 8.90. The number of anilines is 2. The van der Waals surface area contributed by atoms with Crippen molar-refractivity contribution in [1.29, 1.82) is 0 Å². The molecule has 0 aliphatic carbocycles. The second kappa shape index (κ2) is 4.54. The number of nitrogens with one attached hydrogen (secondary N) is 1. The Morgan fingerprint density at radius 2 is 2.24 bits per heavy atom. The van der Waals surface area contributed by atoms with Crippen molar-refractivity contribution >= 4 is 33.5 Å². The minimum atomic E-state index is -0.354. The molecule has 1 aromatic carbocycles. The maximum absolute atomic E-state index is 11.8. The zero-order valence-corrected chi connectivity index (χ0v) is 10.5. The summed E-state index contributed by atoms with van der Waals surface area (Å²) in [4.78, 5) is 11.8. The third-order valence-electron chi connectivity index (χ3n) is 2.00. The van der Waals surface area contributed by atoms with Crippen LogP contribution in [0.15, 0.2) is 27.1 Å². The van der Waals surface area contributed by atoms with Crippen LogP contribution >= 0.6 is 15.9 Å². The third-order valence-corrected chi connectivity index (χ3v) is 2.73. The van der Waals surface area contributed by atoms with Gasteiger partial charge in [0.15, 0.2) is 0 Å². The summed E-state index contributed by atoms with van der Waals surface area (Å²) in [5.41, 5.74) is 6.58. The predicted octanol–water partition coefficient (Wildman–Crippen LogP) is 1.98. The highest BCUT2D eigenvalue weighted by Gasteiger charge is 2.11. The summed E-state index contributed by atoms with van der Waals surface area (Å²) >= 11 is 3.25. The van der Waals surface area contributed by atoms with Crippen LogP contribution in [-0.2, 0) is 0 Å². The first-order valence-electron chi connectivity index (χ1n) is 4.73. The molecule has 0 unspecified atom stereocenters. The summed E-state index contributed by atoms with van der Waals surface area (Å²) in [7, 11) is 0. The monoisotopic (exact) mass is 296 g/mol. The van der Waals surface area contributed by atoms with Crippen molar-refractivity contribution in [1.82, 2.24) is 10.2 Å². The molecule has 2 aromatic rings. The van der Waals surface area contributed by atoms with Gasteiger partial charge in [-0.25, -0.2) is 0 Å². The largest absolute Gasteiger partial charge is 0.408 e. The highest BCUT2D eigenvalue weighted by atomic mass is 79.9. The summed E-state index contributed by atoms with van der Waals surface area (Å²) in [6.45, 7) is 1.64. The molecule has 17 heavy (non-hydrogen) atoms. The quantitative estimate of drug-likeness (QED) is 0.826. The lowest BCUT2D eigenvalue weighted by Crippen LogP contribution is -2.12. The maximum Gasteiger partial charge on any atom is 0.322 e. The standard InChI is InChI=1S/C10H9BrN4O2/c1-5-14-15-10(17-5)13-9(16)6-2-3-7(11)8(12)4-6/h2-4H,12H2,1H3,(H,13,15,16). The van der Waals surface area contributed by atoms with E-state index in [0.717, 1.165) is 4.47 Å². The van der Waals surface area contributed by atoms with Crippen molar-refractivity contribution in [3.63, 3.8) is 0 Å². The molecule has 0 saturated heterocycles. The van der Waals surface area contributed by atoms with Gasteiger partial charge in [0.25, 0.3) is 5.91 Å². The molecule has 0 aliphatic heterocycles. The number of amides is 1. The Labute approximate surface area is 105 Å². The number of carbonyl (C=O) groups excluding carboxylic acids is 1. The Hall–Kier alpha value is -1.89. The molecule has 1 amide bonds. The molecule has 0 atom stereocenters. The van der Waals surface area contributed by atoms with Crippen LogP contribution in [0, 0.1) is 6.92 Å². The molecule has 1 heterocycles. The van der Waals surface area contributed by atoms with E-state index in [1.165, 1.54) is 0 Å². The lowest BCUT2D eigenvalue weighted by Gasteiger charge is -2.03. The second-order valence-corrected chi connectivity index (χ2v) is 4.17. The fourth-order valence-electron chi connectivity index (χ4n) is 1.20. The molecular weight excluding hydrogens is 288 g/mol. The third kappa shape index (κ3) is 2.62. The number of rotatable bonds is 2. The molecular formula is C10H9BrN4O2. The Morgan fingerprint density at radius 3 is 2.82 bits per heavy atom. The van der Waals surface area contributed by atoms with Crippen molar-refractivity contribution in [2.45, 2.75) is 6.92 Å². The van der Waals surface area contributed by atoms with Crippen molar-refractivity contribution in [3.8, 4) is 0 Å². The van der Waals surface area contributed by atoms with Crippen molar-refractivity contribution in [2.75, 3.05) is 11.1 Å². The van der Waals surface area contributed by atoms with Crippen LogP contribution in [0.4, 0.5) is 11.7 Å². The normalized spacial score (nSPS) is 10.2. The predicted molar refractivity (Wildman–Crippen MR) is 65.5 cm³/mol. The number of nitrogens with two attached hydrogens (primary N) is 1. The molecule has 7 heteroatoms. The Kier molecular flexibility index (Phi) is 3.10. The van der Waals surface area contributed by atoms with E-state index in [0.29, 0.717) is 17.1 Å². The van der Waals surface area contributed by atoms with Crippen LogP contribution in [0.1, 0.15) is 16.2 Å². The topological polar surface area (TPSA) is 94.0 Å². The van der Waals surface area contributed by atoms with Crippen LogP contribution in [0.25, 0.3) is 0 Å². The number of aromatic nitrogens is 2. The van der Waals surface area contributed by atoms with Gasteiger partial charge in [0.1, 0.15) is 0 Å². The van der Waals surface area contributed by atoms with E-state index < -0.39 is 0 Å². The molecule has 0 bridgehead atoms. The number of aryl methyl sites for hydroxylation is 1. The summed E-state index contributed by atoms with van der Waals surface area (Å²) in [6, 6.07) is 4.96. The van der Waals surface area contributed by atoms with Gasteiger partial charge in [-0.2, -0.15) is 0 Å². The molecule has 6 nitrogen and oxygen atoms in total. The summed E-state index contributed by atoms with van der Waals surface area (Å²) < 4.78 is 5.77. The highest BCUT2D eigenvalue weighted by Crippen LogP contribution is 2.20. The molecule has 0 saturated carbocycles. The van der Waals surface area contributed by atoms with Gasteiger partial charge in [-0.15, -0.1) is 5.10 Å². The average Bonchev–Trinajstić information content (AvgIpc) is 2.68. The van der Waals surface area contributed by atoms with Crippen LogP contribution in [0.3, 0.4) is 0 Å². The lowest BCUT2D eigenvalue weighted by molar-refractivity contribution is 0.102. The molecule has 88 valence electrons. The Bertz CT molecular complexity index is 567. The summed E-state index contributed by atoms with van der Waals surface area (Å²) in [5, 5.41) is 9.74. The first-order valence-corrected chi connectivity index (χ1v) is 5.52. The van der Waals surface area contributed by atoms with Crippen LogP contribution in [-0.4, -0.2) is 16.1 Å². The van der Waals surface area contributed by atoms with Gasteiger partial charge in [-0.1, -0.05) is 5.10 Å². The fraction of sp³-hybridized carbons (Fsp3) is 0.100. The van der Waals surface area contributed by atoms with E-state index in [2.05, 4.69) is 31.4 Å². The second-order valence-electron chi connectivity index (χ2n) is 3.32. The number of carbonyl (C=O) groups is 1. The summed E-state index contributed by atoms with van der Waals surface area (Å²) in [6.07, 6.45) is 0. The highest BCUT2D eigenvalue weighted by molar-refractivity contribution is 9.10. The zero-order chi connectivity index (χ0) is 12.4. The Morgan fingerprint density at radius 1 is 1.47 bits per heavy atom. The van der Waals surface area contributed by atoms with Crippen LogP contribution in [0.5, 0.6) is 0 Å². The number of nitrogens with zero attached hydrogens (tertiary/aromatic N) is 2. The minimum absolute atomic E-state index is 0.0639. The van der Waals surface area contributed by atoms with Crippen molar-refractivity contribution in [2.24, 2.45) is 0 Å². The number of nitrogen functional groups attached to an aromatic ring is 1. The van der Waals surface area contributed by atoms with E-state index in [9.17, 15) is 4.79 Å². The van der Waals surface area contributed by atoms with Crippen molar-refractivity contribution < 1.29 is 9.21 Å². The van der Waals surface area contributed by atoms with E-state index >= 15 is 0 Å². The maximum atomic E-state index is 11.8. The number of hydrogen-bond acceptors (Lipinski definition) is 5. The van der Waals surface area contributed by atoms with Gasteiger partial charge in [-0.3, -0.25) is 10.1 Å². The van der Waals surface area contributed by atoms with Gasteiger partial charge in [0, 0.05) is 22.6 Å². The van der Waals surface area contributed by atoms with E-state index in [-0.39, 0.29) is 11.9 Å². The van der Waals surface area contributed by atoms with Crippen molar-refractivity contribution in [3.05, 3.63) is 34.1 Å².